The second-order valence-corrected chi connectivity index (χ2v) is 3.51. The monoisotopic (exact) mass is 218 g/mol. The quantitative estimate of drug-likeness (QED) is 0.849. The molecule has 4 nitrogen and oxygen atoms in total. The lowest BCUT2D eigenvalue weighted by atomic mass is 10.1. The van der Waals surface area contributed by atoms with Gasteiger partial charge < -0.3 is 15.0 Å². The van der Waals surface area contributed by atoms with Crippen molar-refractivity contribution in [1.29, 1.82) is 0 Å². The molecule has 84 valence electrons. The predicted molar refractivity (Wildman–Crippen MR) is 60.2 cm³/mol. The lowest BCUT2D eigenvalue weighted by Crippen LogP contribution is -1.95. The fourth-order valence-electron chi connectivity index (χ4n) is 1.48. The molecule has 2 N–H and O–H groups in total. The first-order chi connectivity index (χ1) is 7.81. The van der Waals surface area contributed by atoms with E-state index in [9.17, 15) is 0 Å². The summed E-state index contributed by atoms with van der Waals surface area (Å²) < 4.78 is 10.2. The van der Waals surface area contributed by atoms with Gasteiger partial charge in [-0.05, 0) is 17.7 Å². The van der Waals surface area contributed by atoms with E-state index in [-0.39, 0.29) is 0 Å². The van der Waals surface area contributed by atoms with Crippen molar-refractivity contribution in [2.45, 2.75) is 13.0 Å². The zero-order chi connectivity index (χ0) is 11.4. The normalized spacial score (nSPS) is 10.4. The fraction of sp³-hybridized carbons (Fsp3) is 0.250. The smallest absolute Gasteiger partial charge is 0.141 e. The molecule has 0 aliphatic rings. The van der Waals surface area contributed by atoms with Crippen LogP contribution in [0.15, 0.2) is 34.9 Å². The summed E-state index contributed by atoms with van der Waals surface area (Å²) in [5.41, 5.74) is 7.39. The number of benzene rings is 1. The highest BCUT2D eigenvalue weighted by molar-refractivity contribution is 5.29. The van der Waals surface area contributed by atoms with E-state index < -0.39 is 0 Å². The fourth-order valence-corrected chi connectivity index (χ4v) is 1.48. The summed E-state index contributed by atoms with van der Waals surface area (Å²) in [5, 5.41) is 3.84. The number of ether oxygens (including phenoxy) is 1. The Bertz CT molecular complexity index is 448. The molecule has 4 heteroatoms. The van der Waals surface area contributed by atoms with Gasteiger partial charge >= 0.3 is 0 Å². The third kappa shape index (κ3) is 2.41. The summed E-state index contributed by atoms with van der Waals surface area (Å²) in [6, 6.07) is 9.74. The van der Waals surface area contributed by atoms with Crippen LogP contribution in [-0.2, 0) is 13.0 Å². The summed E-state index contributed by atoms with van der Waals surface area (Å²) in [7, 11) is 1.65. The molecule has 16 heavy (non-hydrogen) atoms. The Labute approximate surface area is 94.0 Å². The molecule has 0 radical (unpaired) electrons. The molecule has 0 bridgehead atoms. The molecule has 1 heterocycles. The molecule has 0 saturated heterocycles. The average molecular weight is 218 g/mol. The number of hydrogen-bond donors (Lipinski definition) is 1. The van der Waals surface area contributed by atoms with Crippen molar-refractivity contribution in [3.63, 3.8) is 0 Å². The van der Waals surface area contributed by atoms with Crippen LogP contribution in [0.25, 0.3) is 0 Å². The van der Waals surface area contributed by atoms with Gasteiger partial charge in [-0.2, -0.15) is 0 Å². The van der Waals surface area contributed by atoms with Gasteiger partial charge in [-0.3, -0.25) is 0 Å². The topological polar surface area (TPSA) is 61.3 Å². The van der Waals surface area contributed by atoms with E-state index in [1.807, 2.05) is 30.3 Å². The molecule has 2 rings (SSSR count). The van der Waals surface area contributed by atoms with Crippen LogP contribution in [0.4, 0.5) is 0 Å². The van der Waals surface area contributed by atoms with Crippen molar-refractivity contribution in [2.24, 2.45) is 5.73 Å². The molecule has 0 aliphatic heterocycles. The molecule has 0 unspecified atom stereocenters. The first-order valence-electron chi connectivity index (χ1n) is 5.09. The van der Waals surface area contributed by atoms with Crippen LogP contribution >= 0.6 is 0 Å². The lowest BCUT2D eigenvalue weighted by Gasteiger charge is -2.00. The van der Waals surface area contributed by atoms with Crippen LogP contribution in [0.2, 0.25) is 0 Å². The summed E-state index contributed by atoms with van der Waals surface area (Å²) in [6.45, 7) is 0.409. The maximum absolute atomic E-state index is 5.46. The van der Waals surface area contributed by atoms with E-state index in [4.69, 9.17) is 15.0 Å². The van der Waals surface area contributed by atoms with E-state index in [1.54, 1.807) is 7.11 Å². The Morgan fingerprint density at radius 3 is 2.62 bits per heavy atom. The Morgan fingerprint density at radius 2 is 2.06 bits per heavy atom. The Morgan fingerprint density at radius 1 is 1.31 bits per heavy atom. The molecular weight excluding hydrogens is 204 g/mol. The van der Waals surface area contributed by atoms with Crippen LogP contribution in [0.1, 0.15) is 17.0 Å². The summed E-state index contributed by atoms with van der Waals surface area (Å²) >= 11 is 0. The van der Waals surface area contributed by atoms with Crippen LogP contribution in [0.3, 0.4) is 0 Å². The minimum absolute atomic E-state index is 0.409. The number of methoxy groups -OCH3 is 1. The maximum Gasteiger partial charge on any atom is 0.141 e. The molecule has 2 aromatic rings. The standard InChI is InChI=1S/C12H14N2O2/c1-15-11-4-2-9(3-5-11)6-12-7-10(8-13)14-16-12/h2-5,7H,6,8,13H2,1H3. The van der Waals surface area contributed by atoms with Gasteiger partial charge in [0.25, 0.3) is 0 Å². The molecule has 0 atom stereocenters. The molecule has 0 saturated carbocycles. The Hall–Kier alpha value is -1.81. The molecule has 0 aliphatic carbocycles. The largest absolute Gasteiger partial charge is 0.497 e. The van der Waals surface area contributed by atoms with Gasteiger partial charge in [-0.1, -0.05) is 17.3 Å². The molecule has 1 aromatic carbocycles. The Kier molecular flexibility index (Phi) is 3.22. The summed E-state index contributed by atoms with van der Waals surface area (Å²) in [4.78, 5) is 0. The van der Waals surface area contributed by atoms with E-state index in [0.29, 0.717) is 6.54 Å². The third-order valence-electron chi connectivity index (χ3n) is 2.35. The molecule has 0 fully saturated rings. The third-order valence-corrected chi connectivity index (χ3v) is 2.35. The zero-order valence-electron chi connectivity index (χ0n) is 9.14. The highest BCUT2D eigenvalue weighted by Gasteiger charge is 2.04. The lowest BCUT2D eigenvalue weighted by molar-refractivity contribution is 0.383. The van der Waals surface area contributed by atoms with Crippen molar-refractivity contribution in [2.75, 3.05) is 7.11 Å². The van der Waals surface area contributed by atoms with Crippen LogP contribution in [-0.4, -0.2) is 12.3 Å². The molecule has 0 amide bonds. The van der Waals surface area contributed by atoms with Gasteiger partial charge in [0, 0.05) is 19.0 Å². The number of aromatic nitrogens is 1. The SMILES string of the molecule is COc1ccc(Cc2cc(CN)no2)cc1. The zero-order valence-corrected chi connectivity index (χ0v) is 9.14. The van der Waals surface area contributed by atoms with Gasteiger partial charge in [0.15, 0.2) is 0 Å². The minimum atomic E-state index is 0.409. The molecular formula is C12H14N2O2. The van der Waals surface area contributed by atoms with Crippen LogP contribution < -0.4 is 10.5 Å². The first kappa shape index (κ1) is 10.7. The summed E-state index contributed by atoms with van der Waals surface area (Å²) in [6.07, 6.45) is 0.719. The van der Waals surface area contributed by atoms with Gasteiger partial charge in [0.2, 0.25) is 0 Å². The van der Waals surface area contributed by atoms with E-state index in [2.05, 4.69) is 5.16 Å². The van der Waals surface area contributed by atoms with Crippen molar-refractivity contribution in [1.82, 2.24) is 5.16 Å². The average Bonchev–Trinajstić information content (AvgIpc) is 2.78. The number of hydrogen-bond acceptors (Lipinski definition) is 4. The molecule has 1 aromatic heterocycles. The highest BCUT2D eigenvalue weighted by atomic mass is 16.5. The first-order valence-corrected chi connectivity index (χ1v) is 5.09. The van der Waals surface area contributed by atoms with Crippen molar-refractivity contribution >= 4 is 0 Å². The minimum Gasteiger partial charge on any atom is -0.497 e. The van der Waals surface area contributed by atoms with Crippen molar-refractivity contribution in [3.05, 3.63) is 47.3 Å². The molecule has 0 spiro atoms. The van der Waals surface area contributed by atoms with Crippen LogP contribution in [0.5, 0.6) is 5.75 Å². The van der Waals surface area contributed by atoms with E-state index in [1.165, 1.54) is 0 Å². The van der Waals surface area contributed by atoms with Gasteiger partial charge in [-0.15, -0.1) is 0 Å². The van der Waals surface area contributed by atoms with Gasteiger partial charge in [0.1, 0.15) is 11.5 Å². The number of nitrogens with two attached hydrogens (primary N) is 1. The second kappa shape index (κ2) is 4.81. The van der Waals surface area contributed by atoms with Crippen LogP contribution in [0, 0.1) is 0 Å². The Balaban J connectivity index is 2.08. The second-order valence-electron chi connectivity index (χ2n) is 3.51. The number of nitrogens with zero attached hydrogens (tertiary/aromatic N) is 1. The maximum atomic E-state index is 5.46. The summed E-state index contributed by atoms with van der Waals surface area (Å²) in [5.74, 6) is 1.68. The van der Waals surface area contributed by atoms with Gasteiger partial charge in [-0.25, -0.2) is 0 Å². The number of rotatable bonds is 4. The highest BCUT2D eigenvalue weighted by Crippen LogP contribution is 2.15. The van der Waals surface area contributed by atoms with Crippen molar-refractivity contribution in [3.8, 4) is 5.75 Å². The predicted octanol–water partition coefficient (Wildman–Crippen LogP) is 1.73. The van der Waals surface area contributed by atoms with E-state index in [0.717, 1.165) is 29.2 Å². The van der Waals surface area contributed by atoms with Crippen molar-refractivity contribution < 1.29 is 9.26 Å². The van der Waals surface area contributed by atoms with E-state index >= 15 is 0 Å². The van der Waals surface area contributed by atoms with Gasteiger partial charge in [0.05, 0.1) is 12.8 Å².